The van der Waals surface area contributed by atoms with Crippen molar-refractivity contribution in [2.75, 3.05) is 24.7 Å². The van der Waals surface area contributed by atoms with Crippen molar-refractivity contribution in [1.82, 2.24) is 29.1 Å². The molecule has 0 aliphatic carbocycles. The predicted molar refractivity (Wildman–Crippen MR) is 135 cm³/mol. The molecule has 8 atom stereocenters. The van der Waals surface area contributed by atoms with Crippen LogP contribution >= 0.6 is 15.4 Å². The van der Waals surface area contributed by atoms with Gasteiger partial charge in [-0.3, -0.25) is 18.2 Å². The van der Waals surface area contributed by atoms with Gasteiger partial charge in [0, 0.05) is 12.6 Å². The van der Waals surface area contributed by atoms with E-state index in [-0.39, 0.29) is 29.2 Å². The molecule has 2 aliphatic heterocycles. The molecule has 0 amide bonds. The molecule has 224 valence electrons. The van der Waals surface area contributed by atoms with Crippen molar-refractivity contribution in [2.24, 2.45) is 0 Å². The molecule has 0 aromatic carbocycles. The monoisotopic (exact) mass is 620 g/mol. The Bertz CT molecular complexity index is 1580. The molecule has 2 saturated heterocycles. The third-order valence-corrected chi connectivity index (χ3v) is 9.00. The second-order valence-corrected chi connectivity index (χ2v) is 12.5. The number of hydrogen-bond donors (Lipinski definition) is 7. The summed E-state index contributed by atoms with van der Waals surface area (Å²) in [6, 6.07) is 1.29. The third-order valence-electron chi connectivity index (χ3n) is 6.61. The first-order valence-electron chi connectivity index (χ1n) is 11.9. The summed E-state index contributed by atoms with van der Waals surface area (Å²) in [6.45, 7) is -1.51. The number of imidazole rings is 1. The van der Waals surface area contributed by atoms with Gasteiger partial charge >= 0.3 is 21.1 Å². The van der Waals surface area contributed by atoms with Gasteiger partial charge in [0.1, 0.15) is 42.2 Å². The van der Waals surface area contributed by atoms with Gasteiger partial charge in [-0.1, -0.05) is 0 Å². The molecule has 3 aromatic rings. The second kappa shape index (κ2) is 11.1. The van der Waals surface area contributed by atoms with E-state index >= 15 is 0 Å². The highest BCUT2D eigenvalue weighted by Crippen LogP contribution is 2.56. The van der Waals surface area contributed by atoms with Crippen LogP contribution in [0.3, 0.4) is 0 Å². The molecule has 5 heterocycles. The number of aliphatic hydroxyl groups is 2. The zero-order valence-electron chi connectivity index (χ0n) is 20.8. The van der Waals surface area contributed by atoms with E-state index in [1.807, 2.05) is 0 Å². The summed E-state index contributed by atoms with van der Waals surface area (Å²) in [4.78, 5) is 56.9. The molecule has 2 fully saturated rings. The summed E-state index contributed by atoms with van der Waals surface area (Å²) in [5.74, 6) is 0.00263. The fraction of sp³-hybridized carbons (Fsp3) is 0.526. The van der Waals surface area contributed by atoms with E-state index in [0.29, 0.717) is 0 Å². The minimum atomic E-state index is -5.00. The van der Waals surface area contributed by atoms with E-state index in [1.165, 1.54) is 29.5 Å². The molecular weight excluding hydrogens is 594 g/mol. The van der Waals surface area contributed by atoms with Crippen LogP contribution in [0.1, 0.15) is 18.9 Å². The third kappa shape index (κ3) is 6.04. The van der Waals surface area contributed by atoms with Crippen molar-refractivity contribution in [3.8, 4) is 0 Å². The fourth-order valence-corrected chi connectivity index (χ4v) is 6.54. The first-order valence-corrected chi connectivity index (χ1v) is 15.0. The number of ether oxygens (including phenoxy) is 2. The molecule has 20 nitrogen and oxygen atoms in total. The molecular formula is C19H26N8O12P2. The first-order chi connectivity index (χ1) is 19.2. The van der Waals surface area contributed by atoms with Gasteiger partial charge in [0.25, 0.3) is 0 Å². The topological polar surface area (TPSA) is 303 Å². The maximum Gasteiger partial charge on any atom is 0.469 e. The second-order valence-electron chi connectivity index (χ2n) is 9.25. The maximum atomic E-state index is 13.4. The minimum Gasteiger partial charge on any atom is -0.387 e. The summed E-state index contributed by atoms with van der Waals surface area (Å²) in [5.41, 5.74) is 9.44. The van der Waals surface area contributed by atoms with Crippen LogP contribution in [0.2, 0.25) is 0 Å². The number of nitrogen functional groups attached to an aromatic ring is 2. The summed E-state index contributed by atoms with van der Waals surface area (Å²) >= 11 is 0. The molecule has 0 radical (unpaired) electrons. The Hall–Kier alpha value is -2.87. The molecule has 3 aromatic heterocycles. The van der Waals surface area contributed by atoms with Gasteiger partial charge in [-0.15, -0.1) is 0 Å². The van der Waals surface area contributed by atoms with Crippen molar-refractivity contribution < 1.29 is 52.5 Å². The Morgan fingerprint density at radius 1 is 1.00 bits per heavy atom. The summed E-state index contributed by atoms with van der Waals surface area (Å²) in [7, 11) is -9.73. The van der Waals surface area contributed by atoms with Gasteiger partial charge in [-0.05, 0) is 6.07 Å². The quantitative estimate of drug-likeness (QED) is 0.125. The molecule has 5 rings (SSSR count). The number of rotatable bonds is 9. The molecule has 0 saturated carbocycles. The molecule has 9 N–H and O–H groups in total. The highest BCUT2D eigenvalue weighted by Gasteiger charge is 2.50. The number of fused-ring (bicyclic) bond motifs is 1. The number of phosphoric ester groups is 1. The minimum absolute atomic E-state index is 0.0754. The number of phosphoric acid groups is 1. The molecule has 41 heavy (non-hydrogen) atoms. The van der Waals surface area contributed by atoms with E-state index in [0.717, 1.165) is 4.57 Å². The predicted octanol–water partition coefficient (Wildman–Crippen LogP) is -2.17. The van der Waals surface area contributed by atoms with Gasteiger partial charge in [-0.2, -0.15) is 4.98 Å². The SMILES string of the molecule is Nc1ccn([C@H]2C[C@H](P(=O)(O)OC[C@H]3O[C@@H](n4cnc5c(N)ncnc54)[C@H](O)[C@@H]3O)[C@@H](COP(=O)(O)O)O2)c(=O)n1. The number of nitrogens with zero attached hydrogens (tertiary/aromatic N) is 6. The number of nitrogens with two attached hydrogens (primary N) is 2. The highest BCUT2D eigenvalue weighted by atomic mass is 31.2. The van der Waals surface area contributed by atoms with Gasteiger partial charge < -0.3 is 50.4 Å². The van der Waals surface area contributed by atoms with E-state index < -0.39 is 76.9 Å². The van der Waals surface area contributed by atoms with E-state index in [1.54, 1.807) is 0 Å². The Balaban J connectivity index is 1.32. The van der Waals surface area contributed by atoms with Gasteiger partial charge in [-0.25, -0.2) is 24.3 Å². The lowest BCUT2D eigenvalue weighted by Gasteiger charge is -2.24. The van der Waals surface area contributed by atoms with Gasteiger partial charge in [0.15, 0.2) is 17.7 Å². The first kappa shape index (κ1) is 29.6. The van der Waals surface area contributed by atoms with E-state index in [9.17, 15) is 29.0 Å². The molecule has 0 bridgehead atoms. The average molecular weight is 620 g/mol. The number of aromatic nitrogens is 6. The van der Waals surface area contributed by atoms with Crippen molar-refractivity contribution in [3.63, 3.8) is 0 Å². The smallest absolute Gasteiger partial charge is 0.387 e. The number of anilines is 2. The van der Waals surface area contributed by atoms with Crippen LogP contribution in [0.15, 0.2) is 29.7 Å². The molecule has 1 unspecified atom stereocenters. The van der Waals surface area contributed by atoms with Crippen molar-refractivity contribution >= 4 is 38.2 Å². The lowest BCUT2D eigenvalue weighted by Crippen LogP contribution is -2.34. The molecule has 0 spiro atoms. The summed E-state index contributed by atoms with van der Waals surface area (Å²) in [6.07, 6.45) is -4.85. The van der Waals surface area contributed by atoms with Gasteiger partial charge in [0.2, 0.25) is 0 Å². The number of aliphatic hydroxyl groups excluding tert-OH is 2. The lowest BCUT2D eigenvalue weighted by atomic mass is 10.1. The van der Waals surface area contributed by atoms with Crippen LogP contribution in [-0.4, -0.2) is 97.3 Å². The van der Waals surface area contributed by atoms with Crippen molar-refractivity contribution in [1.29, 1.82) is 0 Å². The van der Waals surface area contributed by atoms with Crippen LogP contribution in [0.4, 0.5) is 11.6 Å². The Kier molecular flexibility index (Phi) is 8.01. The maximum absolute atomic E-state index is 13.4. The largest absolute Gasteiger partial charge is 0.469 e. The van der Waals surface area contributed by atoms with Crippen molar-refractivity contribution in [3.05, 3.63) is 35.4 Å². The molecule has 22 heteroatoms. The Morgan fingerprint density at radius 3 is 2.44 bits per heavy atom. The van der Waals surface area contributed by atoms with Crippen molar-refractivity contribution in [2.45, 2.75) is 49.0 Å². The Labute approximate surface area is 229 Å². The normalized spacial score (nSPS) is 30.1. The van der Waals surface area contributed by atoms with Crippen LogP contribution in [0.5, 0.6) is 0 Å². The zero-order valence-corrected chi connectivity index (χ0v) is 22.6. The van der Waals surface area contributed by atoms with Crippen LogP contribution < -0.4 is 17.2 Å². The van der Waals surface area contributed by atoms with E-state index in [2.05, 4.69) is 24.5 Å². The van der Waals surface area contributed by atoms with Crippen LogP contribution in [0, 0.1) is 0 Å². The highest BCUT2D eigenvalue weighted by molar-refractivity contribution is 7.53. The zero-order chi connectivity index (χ0) is 29.7. The summed E-state index contributed by atoms with van der Waals surface area (Å²) < 4.78 is 48.0. The Morgan fingerprint density at radius 2 is 1.73 bits per heavy atom. The molecule has 2 aliphatic rings. The average Bonchev–Trinajstić information content (AvgIpc) is 3.59. The number of hydrogen-bond acceptors (Lipinski definition) is 15. The van der Waals surface area contributed by atoms with Crippen LogP contribution in [-0.2, 0) is 27.7 Å². The summed E-state index contributed by atoms with van der Waals surface area (Å²) in [5, 5.41) is 21.2. The lowest BCUT2D eigenvalue weighted by molar-refractivity contribution is -0.0493. The fourth-order valence-electron chi connectivity index (χ4n) is 4.62. The van der Waals surface area contributed by atoms with E-state index in [4.69, 9.17) is 35.3 Å². The van der Waals surface area contributed by atoms with Gasteiger partial charge in [0.05, 0.1) is 31.3 Å². The standard InChI is InChI=1S/C19H26N8O12P2/c20-11-1-2-26(19(30)25-11)12-3-10(8(38-12)4-37-41(33,34)35)40(31,32)36-5-9-14(28)15(29)18(39-9)27-7-24-13-16(21)22-6-23-17(13)27/h1-2,6-10,12,14-15,18,28-29H,3-5H2,(H,31,32)(H2,20,25,30)(H2,21,22,23)(H2,33,34,35)/t8-,9-,10+,12-,14-,15-,18-/m1/s1. The van der Waals surface area contributed by atoms with Crippen LogP contribution in [0.25, 0.3) is 11.2 Å².